The molecule has 0 radical (unpaired) electrons. The fourth-order valence-electron chi connectivity index (χ4n) is 21.3. The molecular weight excluding hydrogens is 1190 g/mol. The van der Waals surface area contributed by atoms with E-state index < -0.39 is 0 Å². The van der Waals surface area contributed by atoms with Crippen LogP contribution in [0.15, 0.2) is 133 Å². The van der Waals surface area contributed by atoms with Gasteiger partial charge in [0.15, 0.2) is 0 Å². The van der Waals surface area contributed by atoms with Crippen LogP contribution in [0.4, 0.5) is 51.2 Å². The van der Waals surface area contributed by atoms with Gasteiger partial charge in [0.1, 0.15) is 0 Å². The van der Waals surface area contributed by atoms with Gasteiger partial charge in [-0.15, -0.1) is 0 Å². The van der Waals surface area contributed by atoms with E-state index in [1.807, 2.05) is 0 Å². The van der Waals surface area contributed by atoms with Gasteiger partial charge in [0.2, 0.25) is 0 Å². The summed E-state index contributed by atoms with van der Waals surface area (Å²) in [7, 11) is 0. The first kappa shape index (κ1) is 74.2. The van der Waals surface area contributed by atoms with Crippen LogP contribution in [0.3, 0.4) is 0 Å². The van der Waals surface area contributed by atoms with E-state index in [2.05, 4.69) is 384 Å². The molecule has 0 amide bonds. The summed E-state index contributed by atoms with van der Waals surface area (Å²) in [6.07, 6.45) is 4.43. The molecule has 4 heteroatoms. The summed E-state index contributed by atoms with van der Waals surface area (Å²) >= 11 is 0. The van der Waals surface area contributed by atoms with Gasteiger partial charge in [0, 0.05) is 61.7 Å². The molecule has 99 heavy (non-hydrogen) atoms. The zero-order chi connectivity index (χ0) is 73.7. The van der Waals surface area contributed by atoms with Crippen LogP contribution >= 0.6 is 0 Å². The van der Waals surface area contributed by atoms with Crippen molar-refractivity contribution in [3.63, 3.8) is 0 Å². The number of fused-ring (bicyclic) bond motifs is 6. The van der Waals surface area contributed by atoms with Crippen LogP contribution in [0.5, 0.6) is 0 Å². The van der Waals surface area contributed by atoms with Crippen molar-refractivity contribution in [1.82, 2.24) is 0 Å². The Balaban J connectivity index is 1.41. The Bertz CT molecular complexity index is 4120. The number of nitrogens with zero attached hydrogens (tertiary/aromatic N) is 3. The van der Waals surface area contributed by atoms with E-state index in [1.54, 1.807) is 5.56 Å². The molecule has 0 aromatic heterocycles. The van der Waals surface area contributed by atoms with Crippen LogP contribution in [-0.2, 0) is 43.3 Å². The summed E-state index contributed by atoms with van der Waals surface area (Å²) in [4.78, 5) is 8.12. The van der Waals surface area contributed by atoms with Gasteiger partial charge in [-0.05, 0) is 224 Å². The van der Waals surface area contributed by atoms with Gasteiger partial charge in [-0.25, -0.2) is 0 Å². The molecule has 1 unspecified atom stereocenters. The molecule has 0 fully saturated rings. The topological polar surface area (TPSA) is 9.72 Å². The molecule has 11 rings (SSSR count). The molecular formula is C95H132BN3. The largest absolute Gasteiger partial charge is 0.311 e. The second kappa shape index (κ2) is 23.0. The lowest BCUT2D eigenvalue weighted by Gasteiger charge is -2.65. The highest BCUT2D eigenvalue weighted by molar-refractivity contribution is 7.00. The predicted octanol–water partition coefficient (Wildman–Crippen LogP) is 26.3. The summed E-state index contributed by atoms with van der Waals surface area (Å²) in [5, 5.41) is 0. The normalized spacial score (nSPS) is 18.9. The van der Waals surface area contributed by atoms with E-state index in [0.29, 0.717) is 0 Å². The first-order valence-corrected chi connectivity index (χ1v) is 38.3. The average Bonchev–Trinajstić information content (AvgIpc) is 0.680. The van der Waals surface area contributed by atoms with Crippen LogP contribution in [0, 0.1) is 37.9 Å². The summed E-state index contributed by atoms with van der Waals surface area (Å²) in [5.74, 6) is 0. The molecule has 0 N–H and O–H groups in total. The molecule has 0 saturated heterocycles. The Morgan fingerprint density at radius 3 is 1.02 bits per heavy atom. The van der Waals surface area contributed by atoms with Gasteiger partial charge in [-0.2, -0.15) is 0 Å². The average molecular weight is 1330 g/mol. The summed E-state index contributed by atoms with van der Waals surface area (Å²) in [6, 6.07) is 55.3. The van der Waals surface area contributed by atoms with Gasteiger partial charge in [0.05, 0.1) is 5.69 Å². The standard InChI is InChI=1S/C95H132BN3/c1-81(2,3)61-35-42-65(43-36-61)97(66-44-37-62(38-45-66)82(4,5)6)69-57-78-80-79(58-69)99(68-48-49-70-72(56-68)95(90(28,29)30,91(31,32)33)54-53-93(70,86(16,17)18)87(19,20)21)77-60-71-73(94(88(22,23)24,89(25,26)27)52-51-92(71,34)85(13,14)15)59-75(77)96(80)74-55-64(84(10,11)12)41-50-76(74)98(78)67-46-39-63(40-47-67)83(7,8)9/h35-50,55-60H,51-54H2,1-34H3. The van der Waals surface area contributed by atoms with Crippen LogP contribution in [-0.4, -0.2) is 6.71 Å². The van der Waals surface area contributed by atoms with Crippen LogP contribution in [0.2, 0.25) is 0 Å². The van der Waals surface area contributed by atoms with Crippen molar-refractivity contribution in [3.8, 4) is 0 Å². The van der Waals surface area contributed by atoms with E-state index in [9.17, 15) is 0 Å². The quantitative estimate of drug-likeness (QED) is 0.159. The second-order valence-electron chi connectivity index (χ2n) is 43.2. The number of hydrogen-bond donors (Lipinski definition) is 0. The maximum absolute atomic E-state index is 2.86. The van der Waals surface area contributed by atoms with E-state index in [0.717, 1.165) is 42.7 Å². The molecule has 530 valence electrons. The van der Waals surface area contributed by atoms with Gasteiger partial charge < -0.3 is 14.7 Å². The third kappa shape index (κ3) is 11.5. The van der Waals surface area contributed by atoms with Crippen LogP contribution in [0.1, 0.15) is 306 Å². The maximum atomic E-state index is 2.86. The molecule has 7 aromatic carbocycles. The second-order valence-corrected chi connectivity index (χ2v) is 43.2. The van der Waals surface area contributed by atoms with Crippen molar-refractivity contribution < 1.29 is 0 Å². The lowest BCUT2D eigenvalue weighted by molar-refractivity contribution is -0.0310. The van der Waals surface area contributed by atoms with E-state index in [4.69, 9.17) is 0 Å². The first-order valence-electron chi connectivity index (χ1n) is 38.3. The number of benzene rings is 7. The maximum Gasteiger partial charge on any atom is 0.252 e. The van der Waals surface area contributed by atoms with Crippen LogP contribution < -0.4 is 31.1 Å². The SMILES string of the molecule is CC(C)(C)c1ccc(N(c2ccc(C(C)(C)C)cc2)c2cc3c4c(c2)N(c2ccc5c(c2)C(C(C)(C)C)(C(C)(C)C)CCC5(C(C)(C)C)C(C)(C)C)c2cc5c(cc2B4c2cc(C(C)(C)C)ccc2N3c2ccc(C(C)(C)C)cc2)C(C(C)(C)C)(C(C)(C)C)CCC5(C)C(C)(C)C)cc1. The van der Waals surface area contributed by atoms with Gasteiger partial charge in [-0.3, -0.25) is 0 Å². The predicted molar refractivity (Wildman–Crippen MR) is 437 cm³/mol. The van der Waals surface area contributed by atoms with Crippen molar-refractivity contribution >= 4 is 74.3 Å². The molecule has 0 bridgehead atoms. The molecule has 1 atom stereocenters. The van der Waals surface area contributed by atoms with E-state index >= 15 is 0 Å². The van der Waals surface area contributed by atoms with Crippen molar-refractivity contribution in [2.45, 2.75) is 304 Å². The molecule has 2 heterocycles. The molecule has 0 spiro atoms. The minimum atomic E-state index is -0.193. The fraction of sp³-hybridized carbons (Fsp3) is 0.558. The molecule has 7 aromatic rings. The highest BCUT2D eigenvalue weighted by Crippen LogP contribution is 2.70. The number of hydrogen-bond acceptors (Lipinski definition) is 3. The highest BCUT2D eigenvalue weighted by Gasteiger charge is 2.64. The Morgan fingerprint density at radius 1 is 0.283 bits per heavy atom. The summed E-state index contributed by atoms with van der Waals surface area (Å²) < 4.78 is 0. The summed E-state index contributed by atoms with van der Waals surface area (Å²) in [5.41, 5.74) is 25.1. The van der Waals surface area contributed by atoms with Crippen molar-refractivity contribution in [3.05, 3.63) is 178 Å². The lowest BCUT2D eigenvalue weighted by Crippen LogP contribution is -2.63. The lowest BCUT2D eigenvalue weighted by atomic mass is 9.32. The monoisotopic (exact) mass is 1330 g/mol. The van der Waals surface area contributed by atoms with Gasteiger partial charge >= 0.3 is 0 Å². The number of rotatable bonds is 5. The highest BCUT2D eigenvalue weighted by atomic mass is 15.2. The minimum absolute atomic E-state index is 0.0204. The van der Waals surface area contributed by atoms with E-state index in [-0.39, 0.29) is 87.9 Å². The van der Waals surface area contributed by atoms with Gasteiger partial charge in [0.25, 0.3) is 6.71 Å². The van der Waals surface area contributed by atoms with Crippen molar-refractivity contribution in [1.29, 1.82) is 0 Å². The Labute approximate surface area is 605 Å². The van der Waals surface area contributed by atoms with Gasteiger partial charge in [-0.1, -0.05) is 296 Å². The summed E-state index contributed by atoms with van der Waals surface area (Å²) in [6.45, 7) is 84.4. The number of anilines is 9. The van der Waals surface area contributed by atoms with Crippen LogP contribution in [0.25, 0.3) is 0 Å². The molecule has 2 aliphatic heterocycles. The third-order valence-electron chi connectivity index (χ3n) is 26.7. The molecule has 4 aliphatic rings. The fourth-order valence-corrected chi connectivity index (χ4v) is 21.3. The smallest absolute Gasteiger partial charge is 0.252 e. The molecule has 2 aliphatic carbocycles. The van der Waals surface area contributed by atoms with E-state index in [1.165, 1.54) is 89.5 Å². The van der Waals surface area contributed by atoms with Crippen molar-refractivity contribution in [2.75, 3.05) is 14.7 Å². The zero-order valence-corrected chi connectivity index (χ0v) is 68.9. The third-order valence-corrected chi connectivity index (χ3v) is 26.7. The molecule has 3 nitrogen and oxygen atoms in total. The van der Waals surface area contributed by atoms with Crippen molar-refractivity contribution in [2.24, 2.45) is 37.9 Å². The Kier molecular flexibility index (Phi) is 17.2. The zero-order valence-electron chi connectivity index (χ0n) is 68.9. The Hall–Kier alpha value is -6.00. The molecule has 0 saturated carbocycles. The minimum Gasteiger partial charge on any atom is -0.311 e. The Morgan fingerprint density at radius 2 is 0.626 bits per heavy atom. The first-order chi connectivity index (χ1) is 44.9.